The molecule has 1 N–H and O–H groups in total. The first-order chi connectivity index (χ1) is 8.72. The molecule has 0 radical (unpaired) electrons. The Morgan fingerprint density at radius 1 is 1.33 bits per heavy atom. The first-order valence-corrected chi connectivity index (χ1v) is 7.78. The lowest BCUT2D eigenvalue weighted by atomic mass is 9.93. The fourth-order valence-electron chi connectivity index (χ4n) is 2.86. The molecule has 3 atom stereocenters. The molecule has 0 spiro atoms. The Hall–Kier alpha value is -0.120. The third-order valence-corrected chi connectivity index (χ3v) is 4.20. The van der Waals surface area contributed by atoms with E-state index in [1.54, 1.807) is 0 Å². The third kappa shape index (κ3) is 4.87. The molecule has 1 aliphatic heterocycles. The van der Waals surface area contributed by atoms with Gasteiger partial charge in [0.25, 0.3) is 0 Å². The molecule has 1 fully saturated rings. The molecular weight excluding hydrogens is 224 g/mol. The second-order valence-electron chi connectivity index (χ2n) is 5.54. The molecule has 1 heterocycles. The van der Waals surface area contributed by atoms with Gasteiger partial charge in [-0.1, -0.05) is 33.6 Å². The van der Waals surface area contributed by atoms with E-state index in [1.165, 1.54) is 25.8 Å². The second-order valence-corrected chi connectivity index (χ2v) is 5.54. The Balaban J connectivity index is 2.49. The number of piperazine rings is 1. The van der Waals surface area contributed by atoms with Crippen LogP contribution in [0.15, 0.2) is 0 Å². The molecule has 1 rings (SSSR count). The smallest absolute Gasteiger partial charge is 0.0593 e. The van der Waals surface area contributed by atoms with Crippen LogP contribution in [0.3, 0.4) is 0 Å². The van der Waals surface area contributed by atoms with Crippen LogP contribution in [-0.2, 0) is 4.74 Å². The Bertz CT molecular complexity index is 211. The molecule has 3 nitrogen and oxygen atoms in total. The van der Waals surface area contributed by atoms with E-state index >= 15 is 0 Å². The topological polar surface area (TPSA) is 24.5 Å². The maximum atomic E-state index is 5.53. The molecule has 3 heteroatoms. The van der Waals surface area contributed by atoms with Crippen molar-refractivity contribution in [3.8, 4) is 0 Å². The van der Waals surface area contributed by atoms with Crippen LogP contribution in [-0.4, -0.2) is 49.8 Å². The lowest BCUT2D eigenvalue weighted by Gasteiger charge is -2.43. The number of hydrogen-bond donors (Lipinski definition) is 1. The van der Waals surface area contributed by atoms with Gasteiger partial charge in [0.2, 0.25) is 0 Å². The summed E-state index contributed by atoms with van der Waals surface area (Å²) in [4.78, 5) is 2.65. The maximum absolute atomic E-state index is 5.53. The molecule has 0 aromatic heterocycles. The first kappa shape index (κ1) is 15.9. The zero-order chi connectivity index (χ0) is 13.4. The fraction of sp³-hybridized carbons (Fsp3) is 1.00. The standard InChI is InChI=1S/C15H32N2O/c1-5-8-14-12-17(9-10-18-7-3)15(11-16-14)13(4)6-2/h13-16H,5-12H2,1-4H3. The molecule has 108 valence electrons. The van der Waals surface area contributed by atoms with Gasteiger partial charge in [-0.15, -0.1) is 0 Å². The van der Waals surface area contributed by atoms with Crippen molar-refractivity contribution >= 4 is 0 Å². The Kier molecular flexibility index (Phi) is 7.87. The fourth-order valence-corrected chi connectivity index (χ4v) is 2.86. The molecule has 0 saturated carbocycles. The summed E-state index contributed by atoms with van der Waals surface area (Å²) in [6.45, 7) is 14.1. The summed E-state index contributed by atoms with van der Waals surface area (Å²) in [6, 6.07) is 1.36. The highest BCUT2D eigenvalue weighted by atomic mass is 16.5. The van der Waals surface area contributed by atoms with Crippen LogP contribution in [0.2, 0.25) is 0 Å². The van der Waals surface area contributed by atoms with Gasteiger partial charge in [-0.05, 0) is 19.3 Å². The van der Waals surface area contributed by atoms with Crippen molar-refractivity contribution < 1.29 is 4.74 Å². The Morgan fingerprint density at radius 2 is 2.11 bits per heavy atom. The van der Waals surface area contributed by atoms with Gasteiger partial charge in [-0.2, -0.15) is 0 Å². The summed E-state index contributed by atoms with van der Waals surface area (Å²) in [5.74, 6) is 0.765. The quantitative estimate of drug-likeness (QED) is 0.675. The molecule has 0 amide bonds. The molecule has 3 unspecified atom stereocenters. The molecule has 0 bridgehead atoms. The van der Waals surface area contributed by atoms with Crippen molar-refractivity contribution in [3.05, 3.63) is 0 Å². The van der Waals surface area contributed by atoms with E-state index < -0.39 is 0 Å². The largest absolute Gasteiger partial charge is 0.380 e. The van der Waals surface area contributed by atoms with Gasteiger partial charge in [0.1, 0.15) is 0 Å². The van der Waals surface area contributed by atoms with Gasteiger partial charge in [0, 0.05) is 38.3 Å². The molecule has 0 aliphatic carbocycles. The summed E-state index contributed by atoms with van der Waals surface area (Å²) in [5.41, 5.74) is 0. The van der Waals surface area contributed by atoms with Gasteiger partial charge < -0.3 is 10.1 Å². The highest BCUT2D eigenvalue weighted by Gasteiger charge is 2.29. The third-order valence-electron chi connectivity index (χ3n) is 4.20. The van der Waals surface area contributed by atoms with Crippen LogP contribution in [0.5, 0.6) is 0 Å². The molecule has 1 aliphatic rings. The van der Waals surface area contributed by atoms with Crippen LogP contribution in [0.1, 0.15) is 47.0 Å². The lowest BCUT2D eigenvalue weighted by molar-refractivity contribution is 0.0488. The summed E-state index contributed by atoms with van der Waals surface area (Å²) in [5, 5.41) is 3.72. The van der Waals surface area contributed by atoms with Crippen molar-refractivity contribution in [2.45, 2.75) is 59.0 Å². The number of nitrogens with one attached hydrogen (secondary N) is 1. The van der Waals surface area contributed by atoms with Gasteiger partial charge in [0.15, 0.2) is 0 Å². The van der Waals surface area contributed by atoms with E-state index in [-0.39, 0.29) is 0 Å². The Morgan fingerprint density at radius 3 is 2.72 bits per heavy atom. The van der Waals surface area contributed by atoms with Gasteiger partial charge in [-0.25, -0.2) is 0 Å². The number of hydrogen-bond acceptors (Lipinski definition) is 3. The van der Waals surface area contributed by atoms with Crippen molar-refractivity contribution in [3.63, 3.8) is 0 Å². The normalized spacial score (nSPS) is 27.3. The lowest BCUT2D eigenvalue weighted by Crippen LogP contribution is -2.59. The van der Waals surface area contributed by atoms with Crippen molar-refractivity contribution in [2.24, 2.45) is 5.92 Å². The summed E-state index contributed by atoms with van der Waals surface area (Å²) < 4.78 is 5.53. The summed E-state index contributed by atoms with van der Waals surface area (Å²) >= 11 is 0. The van der Waals surface area contributed by atoms with E-state index in [9.17, 15) is 0 Å². The van der Waals surface area contributed by atoms with E-state index in [0.717, 1.165) is 32.2 Å². The first-order valence-electron chi connectivity index (χ1n) is 7.78. The molecule has 0 aromatic rings. The summed E-state index contributed by atoms with van der Waals surface area (Å²) in [6.07, 6.45) is 3.82. The monoisotopic (exact) mass is 256 g/mol. The van der Waals surface area contributed by atoms with Crippen LogP contribution in [0, 0.1) is 5.92 Å². The molecule has 0 aromatic carbocycles. The summed E-state index contributed by atoms with van der Waals surface area (Å²) in [7, 11) is 0. The molecule has 1 saturated heterocycles. The zero-order valence-corrected chi connectivity index (χ0v) is 12.7. The average molecular weight is 256 g/mol. The SMILES string of the molecule is CCCC1CN(CCOCC)C(C(C)CC)CN1. The minimum absolute atomic E-state index is 0.678. The molecule has 18 heavy (non-hydrogen) atoms. The maximum Gasteiger partial charge on any atom is 0.0593 e. The molecular formula is C15H32N2O. The highest BCUT2D eigenvalue weighted by molar-refractivity contribution is 4.88. The minimum Gasteiger partial charge on any atom is -0.380 e. The minimum atomic E-state index is 0.678. The van der Waals surface area contributed by atoms with Gasteiger partial charge in [-0.3, -0.25) is 4.90 Å². The van der Waals surface area contributed by atoms with Crippen LogP contribution >= 0.6 is 0 Å². The van der Waals surface area contributed by atoms with Crippen molar-refractivity contribution in [1.82, 2.24) is 10.2 Å². The predicted octanol–water partition coefficient (Wildman–Crippen LogP) is 2.51. The van der Waals surface area contributed by atoms with Crippen molar-refractivity contribution in [1.29, 1.82) is 0 Å². The van der Waals surface area contributed by atoms with Crippen molar-refractivity contribution in [2.75, 3.05) is 32.8 Å². The Labute approximate surface area is 113 Å². The van der Waals surface area contributed by atoms with Gasteiger partial charge in [0.05, 0.1) is 6.61 Å². The van der Waals surface area contributed by atoms with Gasteiger partial charge >= 0.3 is 0 Å². The number of rotatable bonds is 8. The number of ether oxygens (including phenoxy) is 1. The van der Waals surface area contributed by atoms with Crippen LogP contribution in [0.25, 0.3) is 0 Å². The number of nitrogens with zero attached hydrogens (tertiary/aromatic N) is 1. The van der Waals surface area contributed by atoms with E-state index in [2.05, 4.69) is 37.9 Å². The van der Waals surface area contributed by atoms with Crippen LogP contribution < -0.4 is 5.32 Å². The van der Waals surface area contributed by atoms with Crippen LogP contribution in [0.4, 0.5) is 0 Å². The van der Waals surface area contributed by atoms with E-state index in [4.69, 9.17) is 4.74 Å². The second kappa shape index (κ2) is 8.89. The zero-order valence-electron chi connectivity index (χ0n) is 12.7. The highest BCUT2D eigenvalue weighted by Crippen LogP contribution is 2.19. The average Bonchev–Trinajstić information content (AvgIpc) is 2.39. The van der Waals surface area contributed by atoms with E-state index in [1.807, 2.05) is 0 Å². The predicted molar refractivity (Wildman–Crippen MR) is 78.0 cm³/mol. The van der Waals surface area contributed by atoms with E-state index in [0.29, 0.717) is 12.1 Å².